The van der Waals surface area contributed by atoms with Gasteiger partial charge in [-0.1, -0.05) is 17.7 Å². The van der Waals surface area contributed by atoms with Crippen LogP contribution in [0, 0.1) is 0 Å². The quantitative estimate of drug-likeness (QED) is 0.599. The van der Waals surface area contributed by atoms with Gasteiger partial charge in [0.25, 0.3) is 5.91 Å². The lowest BCUT2D eigenvalue weighted by atomic mass is 10.2. The summed E-state index contributed by atoms with van der Waals surface area (Å²) < 4.78 is 25.4. The Labute approximate surface area is 190 Å². The number of aromatic nitrogens is 2. The predicted molar refractivity (Wildman–Crippen MR) is 121 cm³/mol. The number of carbonyl (C=O) groups excluding carboxylic acids is 2. The number of halogens is 1. The van der Waals surface area contributed by atoms with Crippen LogP contribution in [0.15, 0.2) is 53.8 Å². The number of anilines is 1. The summed E-state index contributed by atoms with van der Waals surface area (Å²) in [4.78, 5) is 33.2. The monoisotopic (exact) mass is 475 g/mol. The van der Waals surface area contributed by atoms with Gasteiger partial charge in [-0.25, -0.2) is 13.4 Å². The molecule has 0 bridgehead atoms. The number of hydrogen-bond donors (Lipinski definition) is 1. The minimum absolute atomic E-state index is 0.0358. The third kappa shape index (κ3) is 4.56. The molecule has 168 valence electrons. The largest absolute Gasteiger partial charge is 0.368 e. The number of nitrogens with zero attached hydrogens (tertiary/aromatic N) is 4. The molecule has 11 heteroatoms. The lowest BCUT2D eigenvalue weighted by Crippen LogP contribution is -2.51. The van der Waals surface area contributed by atoms with Crippen molar-refractivity contribution in [1.82, 2.24) is 19.6 Å². The molecule has 9 nitrogen and oxygen atoms in total. The molecule has 1 aliphatic heterocycles. The molecule has 1 fully saturated rings. The number of fused-ring (bicyclic) bond motifs is 1. The van der Waals surface area contributed by atoms with E-state index in [9.17, 15) is 18.0 Å². The van der Waals surface area contributed by atoms with E-state index in [1.165, 1.54) is 10.6 Å². The maximum atomic E-state index is 12.7. The van der Waals surface area contributed by atoms with Crippen molar-refractivity contribution < 1.29 is 18.0 Å². The standard InChI is InChI=1S/C21H22ClN5O4S/c1-32(30,31)21-24-19(17-4-2-3-9-27(17)21)20(29)23-14-18(28)26-12-10-25(11-13-26)16-7-5-15(22)6-8-16/h2-9H,10-14H2,1H3,(H,23,29). The molecule has 1 saturated heterocycles. The van der Waals surface area contributed by atoms with Gasteiger partial charge in [-0.05, 0) is 36.4 Å². The summed E-state index contributed by atoms with van der Waals surface area (Å²) in [5.74, 6) is -0.808. The number of sulfone groups is 1. The molecule has 1 aliphatic rings. The predicted octanol–water partition coefficient (Wildman–Crippen LogP) is 1.47. The number of hydrogen-bond acceptors (Lipinski definition) is 6. The summed E-state index contributed by atoms with van der Waals surface area (Å²) in [6.07, 6.45) is 2.56. The van der Waals surface area contributed by atoms with Crippen LogP contribution in [0.1, 0.15) is 10.5 Å². The van der Waals surface area contributed by atoms with E-state index in [0.717, 1.165) is 11.9 Å². The van der Waals surface area contributed by atoms with Crippen molar-refractivity contribution in [2.45, 2.75) is 5.16 Å². The molecule has 0 unspecified atom stereocenters. The van der Waals surface area contributed by atoms with Gasteiger partial charge in [0.05, 0.1) is 12.1 Å². The lowest BCUT2D eigenvalue weighted by Gasteiger charge is -2.36. The van der Waals surface area contributed by atoms with Crippen LogP contribution in [0.3, 0.4) is 0 Å². The second-order valence-electron chi connectivity index (χ2n) is 7.50. The highest BCUT2D eigenvalue weighted by atomic mass is 35.5. The van der Waals surface area contributed by atoms with Gasteiger partial charge >= 0.3 is 0 Å². The van der Waals surface area contributed by atoms with Crippen molar-refractivity contribution in [3.8, 4) is 0 Å². The number of carbonyl (C=O) groups is 2. The third-order valence-corrected chi connectivity index (χ3v) is 6.49. The van der Waals surface area contributed by atoms with Crippen LogP contribution in [0.25, 0.3) is 5.52 Å². The van der Waals surface area contributed by atoms with Crippen molar-refractivity contribution in [2.24, 2.45) is 0 Å². The molecule has 3 heterocycles. The van der Waals surface area contributed by atoms with Crippen molar-refractivity contribution in [2.75, 3.05) is 43.9 Å². The van der Waals surface area contributed by atoms with Crippen LogP contribution in [-0.4, -0.2) is 73.5 Å². The van der Waals surface area contributed by atoms with E-state index in [0.29, 0.717) is 36.7 Å². The number of imidazole rings is 1. The Hall–Kier alpha value is -3.11. The molecule has 2 amide bonds. The van der Waals surface area contributed by atoms with Gasteiger partial charge in [-0.2, -0.15) is 0 Å². The van der Waals surface area contributed by atoms with Crippen molar-refractivity contribution in [3.63, 3.8) is 0 Å². The van der Waals surface area contributed by atoms with Gasteiger partial charge in [0.2, 0.25) is 20.9 Å². The number of rotatable bonds is 5. The highest BCUT2D eigenvalue weighted by molar-refractivity contribution is 7.90. The maximum absolute atomic E-state index is 12.7. The van der Waals surface area contributed by atoms with Crippen LogP contribution in [-0.2, 0) is 14.6 Å². The van der Waals surface area contributed by atoms with Crippen LogP contribution in [0.2, 0.25) is 5.02 Å². The lowest BCUT2D eigenvalue weighted by molar-refractivity contribution is -0.130. The van der Waals surface area contributed by atoms with Crippen molar-refractivity contribution in [1.29, 1.82) is 0 Å². The van der Waals surface area contributed by atoms with Gasteiger partial charge in [-0.3, -0.25) is 14.0 Å². The van der Waals surface area contributed by atoms with Gasteiger partial charge in [0.15, 0.2) is 5.69 Å². The van der Waals surface area contributed by atoms with E-state index in [1.807, 2.05) is 24.3 Å². The Kier molecular flexibility index (Phi) is 6.07. The van der Waals surface area contributed by atoms with Gasteiger partial charge < -0.3 is 15.1 Å². The average molecular weight is 476 g/mol. The van der Waals surface area contributed by atoms with E-state index in [1.54, 1.807) is 23.1 Å². The molecule has 4 rings (SSSR count). The second kappa shape index (κ2) is 8.79. The summed E-state index contributed by atoms with van der Waals surface area (Å²) in [6.45, 7) is 2.21. The number of pyridine rings is 1. The van der Waals surface area contributed by atoms with Gasteiger partial charge in [-0.15, -0.1) is 0 Å². The first-order valence-corrected chi connectivity index (χ1v) is 12.2. The fraction of sp³-hybridized carbons (Fsp3) is 0.286. The summed E-state index contributed by atoms with van der Waals surface area (Å²) in [7, 11) is -3.64. The van der Waals surface area contributed by atoms with Crippen molar-refractivity contribution >= 4 is 44.5 Å². The van der Waals surface area contributed by atoms with E-state index in [-0.39, 0.29) is 23.3 Å². The van der Waals surface area contributed by atoms with Crippen molar-refractivity contribution in [3.05, 3.63) is 59.4 Å². The zero-order valence-electron chi connectivity index (χ0n) is 17.4. The molecule has 1 N–H and O–H groups in total. The Morgan fingerprint density at radius 1 is 1.06 bits per heavy atom. The molecule has 0 atom stereocenters. The summed E-state index contributed by atoms with van der Waals surface area (Å²) in [5, 5.41) is 3.03. The summed E-state index contributed by atoms with van der Waals surface area (Å²) >= 11 is 5.93. The van der Waals surface area contributed by atoms with E-state index >= 15 is 0 Å². The normalized spacial score (nSPS) is 14.6. The third-order valence-electron chi connectivity index (χ3n) is 5.29. The SMILES string of the molecule is CS(=O)(=O)c1nc(C(=O)NCC(=O)N2CCN(c3ccc(Cl)cc3)CC2)c2ccccn12. The summed E-state index contributed by atoms with van der Waals surface area (Å²) in [5.41, 5.74) is 1.36. The molecule has 2 aromatic heterocycles. The van der Waals surface area contributed by atoms with Gasteiger partial charge in [0, 0.05) is 49.3 Å². The Balaban J connectivity index is 1.38. The first-order chi connectivity index (χ1) is 15.2. The highest BCUT2D eigenvalue weighted by Gasteiger charge is 2.25. The number of nitrogens with one attached hydrogen (secondary N) is 1. The minimum atomic E-state index is -3.64. The van der Waals surface area contributed by atoms with E-state index in [4.69, 9.17) is 11.6 Å². The molecule has 3 aromatic rings. The zero-order valence-corrected chi connectivity index (χ0v) is 18.9. The molecule has 0 aliphatic carbocycles. The fourth-order valence-electron chi connectivity index (χ4n) is 3.66. The Morgan fingerprint density at radius 3 is 2.41 bits per heavy atom. The number of piperazine rings is 1. The highest BCUT2D eigenvalue weighted by Crippen LogP contribution is 2.20. The first-order valence-electron chi connectivity index (χ1n) is 9.97. The maximum Gasteiger partial charge on any atom is 0.272 e. The average Bonchev–Trinajstić information content (AvgIpc) is 3.18. The minimum Gasteiger partial charge on any atom is -0.368 e. The smallest absolute Gasteiger partial charge is 0.272 e. The number of amides is 2. The van der Waals surface area contributed by atoms with E-state index in [2.05, 4.69) is 15.2 Å². The molecule has 0 radical (unpaired) electrons. The molecule has 32 heavy (non-hydrogen) atoms. The molecule has 0 saturated carbocycles. The fourth-order valence-corrected chi connectivity index (χ4v) is 4.56. The van der Waals surface area contributed by atoms with Crippen LogP contribution in [0.4, 0.5) is 5.69 Å². The topological polar surface area (TPSA) is 104 Å². The Morgan fingerprint density at radius 2 is 1.75 bits per heavy atom. The molecule has 1 aromatic carbocycles. The second-order valence-corrected chi connectivity index (χ2v) is 9.84. The zero-order chi connectivity index (χ0) is 22.9. The summed E-state index contributed by atoms with van der Waals surface area (Å²) in [6, 6.07) is 12.5. The van der Waals surface area contributed by atoms with Crippen LogP contribution in [0.5, 0.6) is 0 Å². The van der Waals surface area contributed by atoms with E-state index < -0.39 is 15.7 Å². The molecule has 0 spiro atoms. The molecular formula is C21H22ClN5O4S. The first kappa shape index (κ1) is 22.1. The Bertz CT molecular complexity index is 1270. The molecular weight excluding hydrogens is 454 g/mol. The van der Waals surface area contributed by atoms with Gasteiger partial charge in [0.1, 0.15) is 0 Å². The number of benzene rings is 1. The van der Waals surface area contributed by atoms with Crippen LogP contribution >= 0.6 is 11.6 Å². The van der Waals surface area contributed by atoms with Crippen LogP contribution < -0.4 is 10.2 Å².